The van der Waals surface area contributed by atoms with E-state index in [1.165, 1.54) is 16.3 Å². The average Bonchev–Trinajstić information content (AvgIpc) is 3.91. The molecule has 16 nitrogen and oxygen atoms in total. The van der Waals surface area contributed by atoms with Crippen LogP contribution in [0.4, 0.5) is 5.69 Å². The fraction of sp³-hybridized carbons (Fsp3) is 0.294. The summed E-state index contributed by atoms with van der Waals surface area (Å²) in [7, 11) is -12.8. The van der Waals surface area contributed by atoms with Crippen molar-refractivity contribution in [3.8, 4) is 0 Å². The zero-order valence-corrected chi connectivity index (χ0v) is 36.4. The van der Waals surface area contributed by atoms with Crippen molar-refractivity contribution in [2.75, 3.05) is 34.5 Å². The van der Waals surface area contributed by atoms with Gasteiger partial charge in [0.25, 0.3) is 37.3 Å². The Morgan fingerprint density at radius 3 is 2.33 bits per heavy atom. The Labute approximate surface area is 353 Å². The molecule has 3 aliphatic rings. The van der Waals surface area contributed by atoms with Crippen molar-refractivity contribution in [3.05, 3.63) is 111 Å². The third-order valence-electron chi connectivity index (χ3n) is 9.24. The molecular weight excluding hydrogens is 916 g/mol. The van der Waals surface area contributed by atoms with Gasteiger partial charge in [-0.15, -0.1) is 11.3 Å². The van der Waals surface area contributed by atoms with Crippen LogP contribution in [-0.2, 0) is 48.0 Å². The number of benzene rings is 2. The summed E-state index contributed by atoms with van der Waals surface area (Å²) in [4.78, 5) is 45.8. The number of carbonyl (C=O) groups is 1. The molecule has 0 bridgehead atoms. The third kappa shape index (κ3) is 8.98. The Morgan fingerprint density at radius 1 is 0.983 bits per heavy atom. The number of oxazole rings is 1. The lowest BCUT2D eigenvalue weighted by atomic mass is 10.2. The lowest BCUT2D eigenvalue weighted by molar-refractivity contribution is -0.120. The Kier molecular flexibility index (Phi) is 11.9. The van der Waals surface area contributed by atoms with Crippen LogP contribution in [-0.4, -0.2) is 88.2 Å². The monoisotopic (exact) mass is 946 g/mol. The smallest absolute Gasteiger partial charge is 0.299 e. The van der Waals surface area contributed by atoms with Gasteiger partial charge in [-0.05, 0) is 60.5 Å². The van der Waals surface area contributed by atoms with E-state index in [0.29, 0.717) is 28.9 Å². The molecule has 2 fully saturated rings. The Bertz CT molecular complexity index is 3120. The summed E-state index contributed by atoms with van der Waals surface area (Å²) in [5, 5.41) is 1.28. The van der Waals surface area contributed by atoms with Crippen molar-refractivity contribution in [2.24, 2.45) is 0 Å². The number of thiazole rings is 1. The maximum absolute atomic E-state index is 14.5. The van der Waals surface area contributed by atoms with Crippen molar-refractivity contribution in [3.63, 3.8) is 0 Å². The Balaban J connectivity index is 1.48. The van der Waals surface area contributed by atoms with Gasteiger partial charge in [0.05, 0.1) is 44.3 Å². The van der Waals surface area contributed by atoms with Gasteiger partial charge in [-0.25, -0.2) is 8.42 Å². The second-order valence-corrected chi connectivity index (χ2v) is 22.9. The molecule has 0 saturated carbocycles. The molecule has 1 unspecified atom stereocenters. The van der Waals surface area contributed by atoms with Gasteiger partial charge < -0.3 is 9.32 Å². The number of hydrogen-bond acceptors (Lipinski definition) is 15. The number of amides is 1. The van der Waals surface area contributed by atoms with Gasteiger partial charge in [0.1, 0.15) is 13.9 Å². The van der Waals surface area contributed by atoms with Gasteiger partial charge in [0.15, 0.2) is 9.84 Å². The van der Waals surface area contributed by atoms with Gasteiger partial charge in [0, 0.05) is 29.6 Å². The first-order valence-corrected chi connectivity index (χ1v) is 25.3. The third-order valence-corrected chi connectivity index (χ3v) is 16.4. The number of carbonyl (C=O) groups excluding carboxylic acids is 1. The fourth-order valence-corrected chi connectivity index (χ4v) is 12.8. The first-order chi connectivity index (χ1) is 27.2. The number of allylic oxidation sites excluding steroid dienone is 1. The summed E-state index contributed by atoms with van der Waals surface area (Å²) in [5.41, 5.74) is -0.329. The predicted molar refractivity (Wildman–Crippen MR) is 226 cm³/mol. The van der Waals surface area contributed by atoms with Gasteiger partial charge in [-0.1, -0.05) is 65.9 Å². The SMILES string of the molecule is CC(C=C1Sc2ccc(Cl)cc2N1Cc1ccccc1)=c1s/c(=c2/o/c(=C3/SC(=S)N(CCS(=O)(=O)O)C3=O)n(CCS(=O)(=O)O)c2=O)n(C2CCS(=O)(=O)C2)c1=O. The molecule has 5 heterocycles. The van der Waals surface area contributed by atoms with Crippen LogP contribution in [0.3, 0.4) is 0 Å². The lowest BCUT2D eigenvalue weighted by Crippen LogP contribution is -2.35. The van der Waals surface area contributed by atoms with Crippen molar-refractivity contribution < 1.29 is 43.6 Å². The van der Waals surface area contributed by atoms with Crippen LogP contribution in [0.15, 0.2) is 78.5 Å². The summed E-state index contributed by atoms with van der Waals surface area (Å²) in [6.07, 6.45) is 1.84. The van der Waals surface area contributed by atoms with E-state index in [1.54, 1.807) is 19.1 Å². The fourth-order valence-electron chi connectivity index (χ4n) is 6.52. The van der Waals surface area contributed by atoms with E-state index in [2.05, 4.69) is 0 Å². The number of anilines is 1. The topological polar surface area (TPSA) is 224 Å². The highest BCUT2D eigenvalue weighted by atomic mass is 35.5. The van der Waals surface area contributed by atoms with Crippen LogP contribution < -0.4 is 26.1 Å². The minimum atomic E-state index is -4.68. The molecule has 4 aromatic rings. The lowest BCUT2D eigenvalue weighted by Gasteiger charge is -2.21. The largest absolute Gasteiger partial charge is 0.430 e. The highest BCUT2D eigenvalue weighted by Gasteiger charge is 2.37. The summed E-state index contributed by atoms with van der Waals surface area (Å²) >= 11 is 14.6. The van der Waals surface area contributed by atoms with Gasteiger partial charge >= 0.3 is 0 Å². The zero-order valence-electron chi connectivity index (χ0n) is 29.9. The molecule has 1 atom stereocenters. The second-order valence-electron chi connectivity index (χ2n) is 13.3. The number of thiocarbonyl (C=S) groups is 1. The molecule has 0 radical (unpaired) electrons. The number of nitrogens with zero attached hydrogens (tertiary/aromatic N) is 4. The van der Waals surface area contributed by atoms with E-state index in [4.69, 9.17) is 28.2 Å². The molecule has 2 N–H and O–H groups in total. The number of rotatable bonds is 10. The molecule has 58 heavy (non-hydrogen) atoms. The van der Waals surface area contributed by atoms with E-state index in [1.807, 2.05) is 47.4 Å². The van der Waals surface area contributed by atoms with E-state index in [9.17, 15) is 48.7 Å². The number of sulfone groups is 1. The first kappa shape index (κ1) is 42.6. The van der Waals surface area contributed by atoms with Crippen molar-refractivity contribution >= 4 is 115 Å². The standard InChI is InChI=1S/C34H31ClN4O12S7/c1-19(15-25-38(17-20-5-3-2-4-6-20)23-16-21(35)7-8-24(23)53-25)27-31(42)39(22-9-12-56(43,44)18-22)33(54-27)26-29(40)36(10-13-57(45,46)47)32(51-26)28-30(41)37(34(52)55-28)11-14-58(48,49)50/h2-8,15-16,22H,9-14,17-18H2,1H3,(H,45,46,47)(H,48,49,50)/b25-15?,27-19?,32-28+,33-26+. The Hall–Kier alpha value is -3.52. The average molecular weight is 948 g/mol. The van der Waals surface area contributed by atoms with Gasteiger partial charge in [-0.3, -0.25) is 37.5 Å². The van der Waals surface area contributed by atoms with Crippen LogP contribution in [0.5, 0.6) is 0 Å². The van der Waals surface area contributed by atoms with Crippen LogP contribution >= 0.6 is 58.7 Å². The van der Waals surface area contributed by atoms with Gasteiger partial charge in [0.2, 0.25) is 11.0 Å². The van der Waals surface area contributed by atoms with E-state index in [-0.39, 0.29) is 30.6 Å². The molecule has 7 rings (SSSR count). The van der Waals surface area contributed by atoms with Crippen molar-refractivity contribution in [1.82, 2.24) is 14.0 Å². The van der Waals surface area contributed by atoms with Crippen LogP contribution in [0, 0.1) is 10.1 Å². The normalized spacial score (nSPS) is 21.0. The number of halogens is 1. The molecule has 2 aromatic heterocycles. The highest BCUT2D eigenvalue weighted by molar-refractivity contribution is 8.30. The molecule has 0 spiro atoms. The minimum Gasteiger partial charge on any atom is -0.430 e. The summed E-state index contributed by atoms with van der Waals surface area (Å²) in [6.45, 7) is 0.886. The molecule has 2 saturated heterocycles. The van der Waals surface area contributed by atoms with Crippen molar-refractivity contribution in [2.45, 2.75) is 37.4 Å². The summed E-state index contributed by atoms with van der Waals surface area (Å²) in [6, 6.07) is 14.3. The molecule has 0 aliphatic carbocycles. The van der Waals surface area contributed by atoms with Gasteiger partial charge in [-0.2, -0.15) is 16.8 Å². The molecule has 24 heteroatoms. The number of aromatic nitrogens is 2. The van der Waals surface area contributed by atoms with Crippen molar-refractivity contribution in [1.29, 1.82) is 0 Å². The quantitative estimate of drug-likeness (QED) is 0.172. The number of hydrogen-bond donors (Lipinski definition) is 2. The van der Waals surface area contributed by atoms with E-state index < -0.39 is 94.5 Å². The first-order valence-electron chi connectivity index (χ1n) is 17.1. The second kappa shape index (κ2) is 16.2. The Morgan fingerprint density at radius 2 is 1.67 bits per heavy atom. The molecular formula is C34H31ClN4O12S7. The zero-order chi connectivity index (χ0) is 41.9. The molecule has 2 aromatic carbocycles. The summed E-state index contributed by atoms with van der Waals surface area (Å²) < 4.78 is 98.7. The maximum atomic E-state index is 14.5. The highest BCUT2D eigenvalue weighted by Crippen LogP contribution is 2.48. The van der Waals surface area contributed by atoms with E-state index >= 15 is 0 Å². The van der Waals surface area contributed by atoms with E-state index in [0.717, 1.165) is 42.0 Å². The summed E-state index contributed by atoms with van der Waals surface area (Å²) in [5.74, 6) is -3.42. The molecule has 308 valence electrons. The van der Waals surface area contributed by atoms with Crippen LogP contribution in [0.1, 0.15) is 24.9 Å². The number of thioether (sulfide) groups is 2. The maximum Gasteiger partial charge on any atom is 0.299 e. The van der Waals surface area contributed by atoms with Crippen LogP contribution in [0.2, 0.25) is 5.02 Å². The molecule has 3 aliphatic heterocycles. The minimum absolute atomic E-state index is 0.0372. The van der Waals surface area contributed by atoms with Crippen LogP contribution in [0.25, 0.3) is 10.5 Å². The number of fused-ring (bicyclic) bond motifs is 1. The predicted octanol–water partition coefficient (Wildman–Crippen LogP) is 2.53. The molecule has 1 amide bonds.